The van der Waals surface area contributed by atoms with Crippen molar-refractivity contribution in [3.8, 4) is 5.75 Å². The number of nitrogen functional groups attached to an aromatic ring is 1. The molecule has 0 radical (unpaired) electrons. The van der Waals surface area contributed by atoms with Gasteiger partial charge in [0.1, 0.15) is 11.6 Å². The Kier molecular flexibility index (Phi) is 4.53. The van der Waals surface area contributed by atoms with Crippen LogP contribution < -0.4 is 15.8 Å². The van der Waals surface area contributed by atoms with Crippen molar-refractivity contribution in [2.45, 2.75) is 13.0 Å². The first-order chi connectivity index (χ1) is 9.67. The monoisotopic (exact) mass is 275 g/mol. The van der Waals surface area contributed by atoms with E-state index in [1.54, 1.807) is 30.6 Å². The number of anilines is 1. The second kappa shape index (κ2) is 6.34. The number of methoxy groups -OCH3 is 1. The summed E-state index contributed by atoms with van der Waals surface area (Å²) in [6.07, 6.45) is 3.28. The summed E-state index contributed by atoms with van der Waals surface area (Å²) in [5, 5.41) is 3.23. The van der Waals surface area contributed by atoms with Crippen LogP contribution >= 0.6 is 0 Å². The zero-order valence-corrected chi connectivity index (χ0v) is 11.6. The third-order valence-electron chi connectivity index (χ3n) is 3.12. The number of rotatable bonds is 5. The Morgan fingerprint density at radius 1 is 1.35 bits per heavy atom. The van der Waals surface area contributed by atoms with Gasteiger partial charge in [-0.1, -0.05) is 13.0 Å². The summed E-state index contributed by atoms with van der Waals surface area (Å²) in [6.45, 7) is 2.64. The smallest absolute Gasteiger partial charge is 0.132 e. The summed E-state index contributed by atoms with van der Waals surface area (Å²) in [5.41, 5.74) is 7.84. The molecule has 3 N–H and O–H groups in total. The first kappa shape index (κ1) is 14.3. The number of nitrogens with one attached hydrogen (secondary N) is 1. The summed E-state index contributed by atoms with van der Waals surface area (Å²) < 4.78 is 19.3. The van der Waals surface area contributed by atoms with E-state index in [-0.39, 0.29) is 11.9 Å². The zero-order valence-electron chi connectivity index (χ0n) is 11.6. The number of ether oxygens (including phenoxy) is 1. The average molecular weight is 275 g/mol. The van der Waals surface area contributed by atoms with Gasteiger partial charge in [-0.25, -0.2) is 4.39 Å². The summed E-state index contributed by atoms with van der Waals surface area (Å²) >= 11 is 0. The van der Waals surface area contributed by atoms with E-state index in [1.165, 1.54) is 13.2 Å². The van der Waals surface area contributed by atoms with Crippen molar-refractivity contribution < 1.29 is 9.13 Å². The van der Waals surface area contributed by atoms with Crippen LogP contribution in [0.2, 0.25) is 0 Å². The van der Waals surface area contributed by atoms with Gasteiger partial charge in [-0.3, -0.25) is 4.98 Å². The van der Waals surface area contributed by atoms with E-state index in [0.717, 1.165) is 5.56 Å². The maximum absolute atomic E-state index is 14.2. The van der Waals surface area contributed by atoms with Crippen molar-refractivity contribution in [1.82, 2.24) is 10.3 Å². The van der Waals surface area contributed by atoms with Crippen LogP contribution in [0.5, 0.6) is 5.75 Å². The standard InChI is InChI=1S/C15H18FN3O/c1-3-19-15(12-9-18-7-6-14(12)17)11-5-4-10(20-2)8-13(11)16/h4-9,15,19H,3H2,1-2H3,(H2,17,18). The number of pyridine rings is 1. The molecule has 0 aliphatic carbocycles. The van der Waals surface area contributed by atoms with E-state index in [9.17, 15) is 4.39 Å². The lowest BCUT2D eigenvalue weighted by Gasteiger charge is -2.21. The lowest BCUT2D eigenvalue weighted by atomic mass is 9.98. The molecule has 0 spiro atoms. The maximum atomic E-state index is 14.2. The minimum absolute atomic E-state index is 0.334. The molecule has 0 amide bonds. The Morgan fingerprint density at radius 3 is 2.75 bits per heavy atom. The van der Waals surface area contributed by atoms with Crippen LogP contribution in [0.1, 0.15) is 24.1 Å². The molecule has 0 aliphatic rings. The van der Waals surface area contributed by atoms with Gasteiger partial charge in [0.15, 0.2) is 0 Å². The molecule has 0 aliphatic heterocycles. The number of hydrogen-bond acceptors (Lipinski definition) is 4. The SMILES string of the molecule is CCNC(c1cnccc1N)c1ccc(OC)cc1F. The van der Waals surface area contributed by atoms with Gasteiger partial charge in [-0.05, 0) is 18.7 Å². The molecule has 0 fully saturated rings. The fraction of sp³-hybridized carbons (Fsp3) is 0.267. The molecule has 4 nitrogen and oxygen atoms in total. The third kappa shape index (κ3) is 2.88. The van der Waals surface area contributed by atoms with Crippen LogP contribution in [0, 0.1) is 5.82 Å². The van der Waals surface area contributed by atoms with E-state index in [1.807, 2.05) is 6.92 Å². The zero-order chi connectivity index (χ0) is 14.5. The first-order valence-electron chi connectivity index (χ1n) is 6.43. The van der Waals surface area contributed by atoms with Gasteiger partial charge in [0.2, 0.25) is 0 Å². The molecule has 1 atom stereocenters. The molecule has 0 saturated heterocycles. The highest BCUT2D eigenvalue weighted by molar-refractivity contribution is 5.50. The number of hydrogen-bond donors (Lipinski definition) is 2. The number of nitrogens with two attached hydrogens (primary N) is 1. The summed E-state index contributed by atoms with van der Waals surface area (Å²) in [6, 6.07) is 6.18. The molecular weight excluding hydrogens is 257 g/mol. The van der Waals surface area contributed by atoms with Crippen LogP contribution in [-0.2, 0) is 0 Å². The Balaban J connectivity index is 2.46. The Hall–Kier alpha value is -2.14. The second-order valence-electron chi connectivity index (χ2n) is 4.38. The van der Waals surface area contributed by atoms with Gasteiger partial charge in [-0.15, -0.1) is 0 Å². The third-order valence-corrected chi connectivity index (χ3v) is 3.12. The molecular formula is C15H18FN3O. The quantitative estimate of drug-likeness (QED) is 0.880. The molecule has 1 unspecified atom stereocenters. The van der Waals surface area contributed by atoms with Gasteiger partial charge < -0.3 is 15.8 Å². The summed E-state index contributed by atoms with van der Waals surface area (Å²) in [7, 11) is 1.51. The van der Waals surface area contributed by atoms with Gasteiger partial charge in [0, 0.05) is 35.3 Å². The molecule has 5 heteroatoms. The summed E-state index contributed by atoms with van der Waals surface area (Å²) in [5.74, 6) is 0.152. The number of nitrogens with zero attached hydrogens (tertiary/aromatic N) is 1. The topological polar surface area (TPSA) is 60.2 Å². The minimum atomic E-state index is -0.335. The highest BCUT2D eigenvalue weighted by Gasteiger charge is 2.19. The predicted octanol–water partition coefficient (Wildman–Crippen LogP) is 2.51. The molecule has 2 rings (SSSR count). The van der Waals surface area contributed by atoms with E-state index >= 15 is 0 Å². The normalized spacial score (nSPS) is 12.2. The fourth-order valence-corrected chi connectivity index (χ4v) is 2.12. The molecule has 2 aromatic rings. The van der Waals surface area contributed by atoms with E-state index in [4.69, 9.17) is 10.5 Å². The molecule has 20 heavy (non-hydrogen) atoms. The molecule has 1 aromatic heterocycles. The van der Waals surface area contributed by atoms with Gasteiger partial charge >= 0.3 is 0 Å². The number of aromatic nitrogens is 1. The number of halogens is 1. The Bertz CT molecular complexity index is 589. The highest BCUT2D eigenvalue weighted by atomic mass is 19.1. The summed E-state index contributed by atoms with van der Waals surface area (Å²) in [4.78, 5) is 4.07. The van der Waals surface area contributed by atoms with Gasteiger partial charge in [0.05, 0.1) is 13.2 Å². The van der Waals surface area contributed by atoms with Gasteiger partial charge in [0.25, 0.3) is 0 Å². The average Bonchev–Trinajstić information content (AvgIpc) is 2.46. The fourth-order valence-electron chi connectivity index (χ4n) is 2.12. The highest BCUT2D eigenvalue weighted by Crippen LogP contribution is 2.29. The molecule has 0 saturated carbocycles. The van der Waals surface area contributed by atoms with E-state index in [0.29, 0.717) is 23.5 Å². The predicted molar refractivity (Wildman–Crippen MR) is 77.1 cm³/mol. The Labute approximate surface area is 117 Å². The van der Waals surface area contributed by atoms with E-state index in [2.05, 4.69) is 10.3 Å². The van der Waals surface area contributed by atoms with Gasteiger partial charge in [-0.2, -0.15) is 0 Å². The van der Waals surface area contributed by atoms with E-state index < -0.39 is 0 Å². The Morgan fingerprint density at radius 2 is 2.15 bits per heavy atom. The van der Waals surface area contributed by atoms with Crippen molar-refractivity contribution in [3.63, 3.8) is 0 Å². The van der Waals surface area contributed by atoms with Crippen LogP contribution in [0.25, 0.3) is 0 Å². The first-order valence-corrected chi connectivity index (χ1v) is 6.43. The maximum Gasteiger partial charge on any atom is 0.132 e. The molecule has 1 aromatic carbocycles. The van der Waals surface area contributed by atoms with Crippen LogP contribution in [0.4, 0.5) is 10.1 Å². The van der Waals surface area contributed by atoms with Crippen LogP contribution in [0.3, 0.4) is 0 Å². The molecule has 0 bridgehead atoms. The van der Waals surface area contributed by atoms with Crippen molar-refractivity contribution in [2.75, 3.05) is 19.4 Å². The largest absolute Gasteiger partial charge is 0.497 e. The van der Waals surface area contributed by atoms with Crippen LogP contribution in [-0.4, -0.2) is 18.6 Å². The second-order valence-corrected chi connectivity index (χ2v) is 4.38. The van der Waals surface area contributed by atoms with Crippen molar-refractivity contribution >= 4 is 5.69 Å². The van der Waals surface area contributed by atoms with Crippen molar-refractivity contribution in [2.24, 2.45) is 0 Å². The molecule has 106 valence electrons. The molecule has 1 heterocycles. The lowest BCUT2D eigenvalue weighted by molar-refractivity contribution is 0.410. The lowest BCUT2D eigenvalue weighted by Crippen LogP contribution is -2.24. The minimum Gasteiger partial charge on any atom is -0.497 e. The van der Waals surface area contributed by atoms with Crippen molar-refractivity contribution in [3.05, 3.63) is 53.6 Å². The van der Waals surface area contributed by atoms with Crippen molar-refractivity contribution in [1.29, 1.82) is 0 Å². The number of benzene rings is 1. The van der Waals surface area contributed by atoms with Crippen LogP contribution in [0.15, 0.2) is 36.7 Å².